The Morgan fingerprint density at radius 1 is 1.67 bits per heavy atom. The summed E-state index contributed by atoms with van der Waals surface area (Å²) in [5.41, 5.74) is 5.81. The Kier molecular flexibility index (Phi) is 1.18. The molecule has 0 unspecified atom stereocenters. The number of aryl methyl sites for hydroxylation is 1. The quantitative estimate of drug-likeness (QED) is 0.540. The molecule has 2 aromatic heterocycles. The van der Waals surface area contributed by atoms with Crippen LogP contribution in [0.15, 0.2) is 11.1 Å². The predicted molar refractivity (Wildman–Crippen MR) is 42.8 cm³/mol. The Labute approximate surface area is 67.0 Å². The van der Waals surface area contributed by atoms with Crippen molar-refractivity contribution >= 4 is 11.5 Å². The summed E-state index contributed by atoms with van der Waals surface area (Å²) in [6.45, 7) is 1.67. The van der Waals surface area contributed by atoms with Crippen LogP contribution < -0.4 is 11.3 Å². The van der Waals surface area contributed by atoms with Gasteiger partial charge in [0.15, 0.2) is 0 Å². The number of fused-ring (bicyclic) bond motifs is 1. The predicted octanol–water partition coefficient (Wildman–Crippen LogP) is -0.692. The number of H-pyrrole nitrogens is 1. The van der Waals surface area contributed by atoms with E-state index in [1.165, 1.54) is 10.8 Å². The minimum absolute atomic E-state index is 0.150. The van der Waals surface area contributed by atoms with Gasteiger partial charge >= 0.3 is 0 Å². The third-order valence-corrected chi connectivity index (χ3v) is 1.66. The van der Waals surface area contributed by atoms with Crippen molar-refractivity contribution in [1.29, 1.82) is 0 Å². The fourth-order valence-electron chi connectivity index (χ4n) is 0.974. The van der Waals surface area contributed by atoms with Crippen LogP contribution in [0.1, 0.15) is 5.69 Å². The Morgan fingerprint density at radius 2 is 2.42 bits per heavy atom. The molecule has 2 heterocycles. The third kappa shape index (κ3) is 0.714. The van der Waals surface area contributed by atoms with Crippen LogP contribution in [-0.2, 0) is 0 Å². The number of anilines is 1. The molecule has 0 fully saturated rings. The standard InChI is InChI=1S/C6H7N5O/c1-3-4(7)5(12)11-6(10-3)8-2-9-11/h2H,7H2,1H3,(H,8,9,10). The van der Waals surface area contributed by atoms with Crippen LogP contribution in [0.25, 0.3) is 5.78 Å². The van der Waals surface area contributed by atoms with Gasteiger partial charge in [-0.1, -0.05) is 0 Å². The van der Waals surface area contributed by atoms with E-state index in [1.807, 2.05) is 0 Å². The van der Waals surface area contributed by atoms with E-state index < -0.39 is 0 Å². The number of hydrogen-bond donors (Lipinski definition) is 2. The lowest BCUT2D eigenvalue weighted by atomic mass is 10.4. The molecule has 3 N–H and O–H groups in total. The molecule has 0 saturated carbocycles. The van der Waals surface area contributed by atoms with Gasteiger partial charge in [-0.15, -0.1) is 0 Å². The summed E-state index contributed by atoms with van der Waals surface area (Å²) in [4.78, 5) is 19.2. The first-order valence-electron chi connectivity index (χ1n) is 3.38. The second kappa shape index (κ2) is 2.07. The first kappa shape index (κ1) is 6.84. The molecule has 0 spiro atoms. The average molecular weight is 165 g/mol. The van der Waals surface area contributed by atoms with Crippen molar-refractivity contribution < 1.29 is 0 Å². The summed E-state index contributed by atoms with van der Waals surface area (Å²) >= 11 is 0. The average Bonchev–Trinajstić information content (AvgIpc) is 2.48. The van der Waals surface area contributed by atoms with Crippen LogP contribution >= 0.6 is 0 Å². The molecule has 0 radical (unpaired) electrons. The number of rotatable bonds is 0. The Balaban J connectivity index is 3.05. The van der Waals surface area contributed by atoms with Gasteiger partial charge in [-0.2, -0.15) is 4.52 Å². The molecule has 0 saturated heterocycles. The smallest absolute Gasteiger partial charge is 0.297 e. The zero-order valence-corrected chi connectivity index (χ0v) is 6.40. The summed E-state index contributed by atoms with van der Waals surface area (Å²) in [6, 6.07) is 0. The summed E-state index contributed by atoms with van der Waals surface area (Å²) in [7, 11) is 0. The maximum atomic E-state index is 11.3. The van der Waals surface area contributed by atoms with Gasteiger partial charge in [0.2, 0.25) is 0 Å². The van der Waals surface area contributed by atoms with E-state index in [2.05, 4.69) is 15.1 Å². The summed E-state index contributed by atoms with van der Waals surface area (Å²) in [5, 5.41) is 2.61. The lowest BCUT2D eigenvalue weighted by molar-refractivity contribution is 0.894. The Bertz CT molecular complexity index is 482. The molecular weight excluding hydrogens is 158 g/mol. The topological polar surface area (TPSA) is 89.1 Å². The lowest BCUT2D eigenvalue weighted by Gasteiger charge is -1.96. The molecule has 62 valence electrons. The molecule has 0 atom stereocenters. The number of hydrogen-bond acceptors (Lipinski definition) is 4. The third-order valence-electron chi connectivity index (χ3n) is 1.66. The molecule has 2 rings (SSSR count). The highest BCUT2D eigenvalue weighted by Gasteiger charge is 2.06. The van der Waals surface area contributed by atoms with Crippen molar-refractivity contribution in [1.82, 2.24) is 19.6 Å². The van der Waals surface area contributed by atoms with Crippen LogP contribution in [0.4, 0.5) is 5.69 Å². The molecule has 0 aliphatic carbocycles. The van der Waals surface area contributed by atoms with Crippen molar-refractivity contribution in [3.8, 4) is 0 Å². The van der Waals surface area contributed by atoms with E-state index in [1.54, 1.807) is 6.92 Å². The molecular formula is C6H7N5O. The molecule has 6 heteroatoms. The van der Waals surface area contributed by atoms with Crippen molar-refractivity contribution in [2.24, 2.45) is 0 Å². The zero-order chi connectivity index (χ0) is 8.72. The number of nitrogens with two attached hydrogens (primary N) is 1. The van der Waals surface area contributed by atoms with Crippen LogP contribution in [0, 0.1) is 6.92 Å². The Morgan fingerprint density at radius 3 is 3.17 bits per heavy atom. The van der Waals surface area contributed by atoms with Gasteiger partial charge in [0.25, 0.3) is 11.3 Å². The number of aromatic amines is 1. The van der Waals surface area contributed by atoms with Crippen LogP contribution in [-0.4, -0.2) is 19.6 Å². The fourth-order valence-corrected chi connectivity index (χ4v) is 0.974. The van der Waals surface area contributed by atoms with Gasteiger partial charge in [-0.05, 0) is 6.92 Å². The molecule has 6 nitrogen and oxygen atoms in total. The minimum atomic E-state index is -0.310. The Hall–Kier alpha value is -1.85. The monoisotopic (exact) mass is 165 g/mol. The largest absolute Gasteiger partial charge is 0.393 e. The van der Waals surface area contributed by atoms with Crippen LogP contribution in [0.3, 0.4) is 0 Å². The van der Waals surface area contributed by atoms with E-state index in [-0.39, 0.29) is 11.2 Å². The van der Waals surface area contributed by atoms with Gasteiger partial charge in [0, 0.05) is 0 Å². The van der Waals surface area contributed by atoms with Crippen LogP contribution in [0.2, 0.25) is 0 Å². The first-order valence-corrected chi connectivity index (χ1v) is 3.38. The first-order chi connectivity index (χ1) is 5.70. The lowest BCUT2D eigenvalue weighted by Crippen LogP contribution is -2.20. The molecule has 0 amide bonds. The normalized spacial score (nSPS) is 10.8. The molecule has 0 aliphatic heterocycles. The van der Waals surface area contributed by atoms with Crippen molar-refractivity contribution in [3.05, 3.63) is 22.4 Å². The van der Waals surface area contributed by atoms with Gasteiger partial charge in [-0.3, -0.25) is 9.89 Å². The van der Waals surface area contributed by atoms with E-state index in [9.17, 15) is 4.79 Å². The van der Waals surface area contributed by atoms with Crippen molar-refractivity contribution in [2.75, 3.05) is 5.73 Å². The number of nitrogens with one attached hydrogen (secondary N) is 1. The summed E-state index contributed by atoms with van der Waals surface area (Å²) in [5.74, 6) is 0.340. The highest BCUT2D eigenvalue weighted by Crippen LogP contribution is 2.00. The molecule has 0 aliphatic rings. The maximum absolute atomic E-state index is 11.3. The van der Waals surface area contributed by atoms with E-state index in [0.717, 1.165) is 0 Å². The second-order valence-corrected chi connectivity index (χ2v) is 2.44. The maximum Gasteiger partial charge on any atom is 0.297 e. The van der Waals surface area contributed by atoms with Crippen molar-refractivity contribution in [3.63, 3.8) is 0 Å². The zero-order valence-electron chi connectivity index (χ0n) is 6.40. The molecule has 12 heavy (non-hydrogen) atoms. The van der Waals surface area contributed by atoms with Gasteiger partial charge in [0.1, 0.15) is 12.0 Å². The molecule has 2 aromatic rings. The fraction of sp³-hybridized carbons (Fsp3) is 0.167. The van der Waals surface area contributed by atoms with Gasteiger partial charge in [0.05, 0.1) is 5.69 Å². The van der Waals surface area contributed by atoms with E-state index >= 15 is 0 Å². The van der Waals surface area contributed by atoms with Gasteiger partial charge in [-0.25, -0.2) is 9.97 Å². The number of nitrogens with zero attached hydrogens (tertiary/aromatic N) is 3. The van der Waals surface area contributed by atoms with Crippen molar-refractivity contribution in [2.45, 2.75) is 6.92 Å². The second-order valence-electron chi connectivity index (χ2n) is 2.44. The van der Waals surface area contributed by atoms with E-state index in [0.29, 0.717) is 11.5 Å². The van der Waals surface area contributed by atoms with Gasteiger partial charge < -0.3 is 5.73 Å². The number of nitrogen functional groups attached to an aromatic ring is 1. The highest BCUT2D eigenvalue weighted by molar-refractivity contribution is 5.44. The minimum Gasteiger partial charge on any atom is -0.393 e. The molecule has 0 bridgehead atoms. The number of aromatic nitrogens is 4. The summed E-state index contributed by atoms with van der Waals surface area (Å²) < 4.78 is 1.20. The van der Waals surface area contributed by atoms with E-state index in [4.69, 9.17) is 5.73 Å². The highest BCUT2D eigenvalue weighted by atomic mass is 16.1. The molecule has 0 aromatic carbocycles. The van der Waals surface area contributed by atoms with Crippen LogP contribution in [0.5, 0.6) is 0 Å². The summed E-state index contributed by atoms with van der Waals surface area (Å²) in [6.07, 6.45) is 1.39. The SMILES string of the molecule is Cc1nc2nc[nH]n2c(=O)c1N.